The lowest BCUT2D eigenvalue weighted by molar-refractivity contribution is 0.144. The molecule has 140 valence electrons. The summed E-state index contributed by atoms with van der Waals surface area (Å²) < 4.78 is 34.6. The molecule has 1 aliphatic rings. The van der Waals surface area contributed by atoms with Crippen molar-refractivity contribution in [2.45, 2.75) is 31.8 Å². The zero-order chi connectivity index (χ0) is 19.0. The molecule has 1 saturated carbocycles. The Morgan fingerprint density at radius 2 is 1.93 bits per heavy atom. The highest BCUT2D eigenvalue weighted by Gasteiger charge is 2.28. The van der Waals surface area contributed by atoms with Gasteiger partial charge in [-0.05, 0) is 52.9 Å². The van der Waals surface area contributed by atoms with Crippen LogP contribution in [0, 0.1) is 0 Å². The minimum Gasteiger partial charge on any atom is -0.488 e. The molecule has 2 aromatic carbocycles. The Bertz CT molecular complexity index is 1020. The van der Waals surface area contributed by atoms with E-state index in [0.717, 1.165) is 28.7 Å². The van der Waals surface area contributed by atoms with E-state index >= 15 is 0 Å². The van der Waals surface area contributed by atoms with Crippen molar-refractivity contribution in [2.75, 3.05) is 0 Å². The van der Waals surface area contributed by atoms with Gasteiger partial charge in [0, 0.05) is 12.6 Å². The Kier molecular flexibility index (Phi) is 4.47. The molecule has 0 radical (unpaired) electrons. The highest BCUT2D eigenvalue weighted by molar-refractivity contribution is 5.48. The largest absolute Gasteiger partial charge is 0.488 e. The Balaban J connectivity index is 1.74. The van der Waals surface area contributed by atoms with Crippen LogP contribution < -0.4 is 10.4 Å². The van der Waals surface area contributed by atoms with Crippen molar-refractivity contribution in [3.63, 3.8) is 0 Å². The number of alkyl halides is 2. The van der Waals surface area contributed by atoms with Crippen LogP contribution in [0.1, 0.15) is 41.9 Å². The minimum absolute atomic E-state index is 0.0642. The van der Waals surface area contributed by atoms with Gasteiger partial charge in [0.1, 0.15) is 12.4 Å². The highest BCUT2D eigenvalue weighted by atomic mass is 19.3. The van der Waals surface area contributed by atoms with Crippen LogP contribution in [0.4, 0.5) is 8.78 Å². The van der Waals surface area contributed by atoms with E-state index in [2.05, 4.69) is 10.4 Å². The summed E-state index contributed by atoms with van der Waals surface area (Å²) in [5, 5.41) is 7.67. The number of para-hydroxylation sites is 1. The molecule has 27 heavy (non-hydrogen) atoms. The van der Waals surface area contributed by atoms with Crippen LogP contribution in [-0.4, -0.2) is 19.8 Å². The van der Waals surface area contributed by atoms with Gasteiger partial charge in [-0.1, -0.05) is 24.3 Å². The van der Waals surface area contributed by atoms with Crippen molar-refractivity contribution < 1.29 is 13.5 Å². The molecule has 0 N–H and O–H groups in total. The van der Waals surface area contributed by atoms with E-state index < -0.39 is 6.43 Å². The van der Waals surface area contributed by atoms with Crippen molar-refractivity contribution in [1.29, 1.82) is 0 Å². The zero-order valence-electron chi connectivity index (χ0n) is 14.7. The maximum absolute atomic E-state index is 13.2. The second-order valence-electron chi connectivity index (χ2n) is 6.54. The maximum atomic E-state index is 13.2. The molecule has 0 atom stereocenters. The number of hydrogen-bond donors (Lipinski definition) is 0. The molecule has 0 amide bonds. The standard InChI is InChI=1S/C19H18F2N4O2/c1-24-19(26)25(23-22-24)16-7-4-6-13(12-9-10-12)15(16)11-27-17-8-3-2-5-14(17)18(20)21/h2-8,12,18H,9-11H2,1H3. The monoisotopic (exact) mass is 372 g/mol. The molecule has 3 aromatic rings. The van der Waals surface area contributed by atoms with Crippen LogP contribution in [0.15, 0.2) is 47.3 Å². The first-order valence-electron chi connectivity index (χ1n) is 8.67. The fraction of sp³-hybridized carbons (Fsp3) is 0.316. The molecule has 0 aliphatic heterocycles. The van der Waals surface area contributed by atoms with Crippen LogP contribution in [0.2, 0.25) is 0 Å². The fourth-order valence-corrected chi connectivity index (χ4v) is 3.13. The lowest BCUT2D eigenvalue weighted by Crippen LogP contribution is -2.23. The Morgan fingerprint density at radius 1 is 1.15 bits per heavy atom. The molecule has 6 nitrogen and oxygen atoms in total. The number of aryl methyl sites for hydroxylation is 1. The summed E-state index contributed by atoms with van der Waals surface area (Å²) in [5.74, 6) is 0.525. The highest BCUT2D eigenvalue weighted by Crippen LogP contribution is 2.43. The summed E-state index contributed by atoms with van der Waals surface area (Å²) in [4.78, 5) is 12.3. The number of halogens is 2. The maximum Gasteiger partial charge on any atom is 0.368 e. The Hall–Kier alpha value is -3.03. The quantitative estimate of drug-likeness (QED) is 0.666. The summed E-state index contributed by atoms with van der Waals surface area (Å²) >= 11 is 0. The van der Waals surface area contributed by atoms with Gasteiger partial charge in [-0.25, -0.2) is 13.6 Å². The van der Waals surface area contributed by atoms with Gasteiger partial charge in [-0.3, -0.25) is 0 Å². The summed E-state index contributed by atoms with van der Waals surface area (Å²) in [6, 6.07) is 11.7. The smallest absolute Gasteiger partial charge is 0.368 e. The van der Waals surface area contributed by atoms with Crippen molar-refractivity contribution in [1.82, 2.24) is 19.8 Å². The molecular weight excluding hydrogens is 354 g/mol. The second kappa shape index (κ2) is 6.94. The van der Waals surface area contributed by atoms with Gasteiger partial charge in [0.2, 0.25) is 0 Å². The molecule has 0 saturated heterocycles. The topological polar surface area (TPSA) is 61.9 Å². The first-order valence-corrected chi connectivity index (χ1v) is 8.67. The summed E-state index contributed by atoms with van der Waals surface area (Å²) in [7, 11) is 1.52. The average Bonchev–Trinajstić information content (AvgIpc) is 3.46. The summed E-state index contributed by atoms with van der Waals surface area (Å²) in [6.45, 7) is 0.0642. The number of ether oxygens (including phenoxy) is 1. The normalized spacial score (nSPS) is 13.9. The van der Waals surface area contributed by atoms with E-state index in [1.807, 2.05) is 12.1 Å². The van der Waals surface area contributed by atoms with Gasteiger partial charge in [-0.15, -0.1) is 0 Å². The first kappa shape index (κ1) is 17.4. The SMILES string of the molecule is Cn1nnn(-c2cccc(C3CC3)c2COc2ccccc2C(F)F)c1=O. The Morgan fingerprint density at radius 3 is 2.59 bits per heavy atom. The van der Waals surface area contributed by atoms with Crippen molar-refractivity contribution in [2.24, 2.45) is 7.05 Å². The Labute approximate surface area is 154 Å². The molecule has 8 heteroatoms. The van der Waals surface area contributed by atoms with E-state index in [-0.39, 0.29) is 23.6 Å². The van der Waals surface area contributed by atoms with Crippen LogP contribution in [0.3, 0.4) is 0 Å². The van der Waals surface area contributed by atoms with Crippen LogP contribution in [-0.2, 0) is 13.7 Å². The molecule has 1 aliphatic carbocycles. The van der Waals surface area contributed by atoms with E-state index in [9.17, 15) is 13.6 Å². The zero-order valence-corrected chi connectivity index (χ0v) is 14.7. The molecule has 1 aromatic heterocycles. The molecule has 1 heterocycles. The van der Waals surface area contributed by atoms with Crippen molar-refractivity contribution >= 4 is 0 Å². The number of nitrogens with zero attached hydrogens (tertiary/aromatic N) is 4. The molecule has 4 rings (SSSR count). The third-order valence-electron chi connectivity index (χ3n) is 4.68. The average molecular weight is 372 g/mol. The number of aromatic nitrogens is 4. The minimum atomic E-state index is -2.62. The number of hydrogen-bond acceptors (Lipinski definition) is 4. The van der Waals surface area contributed by atoms with Crippen molar-refractivity contribution in [3.8, 4) is 11.4 Å². The van der Waals surface area contributed by atoms with Gasteiger partial charge in [-0.2, -0.15) is 9.36 Å². The van der Waals surface area contributed by atoms with Crippen LogP contribution in [0.5, 0.6) is 5.75 Å². The molecule has 0 spiro atoms. The predicted molar refractivity (Wildman–Crippen MR) is 94.3 cm³/mol. The number of benzene rings is 2. The number of tetrazole rings is 1. The van der Waals surface area contributed by atoms with Gasteiger partial charge >= 0.3 is 5.69 Å². The van der Waals surface area contributed by atoms with Gasteiger partial charge in [0.05, 0.1) is 11.3 Å². The van der Waals surface area contributed by atoms with Gasteiger partial charge in [0.25, 0.3) is 6.43 Å². The van der Waals surface area contributed by atoms with E-state index in [1.165, 1.54) is 23.9 Å². The fourth-order valence-electron chi connectivity index (χ4n) is 3.13. The van der Waals surface area contributed by atoms with E-state index in [4.69, 9.17) is 4.74 Å². The predicted octanol–water partition coefficient (Wildman–Crippen LogP) is 3.36. The second-order valence-corrected chi connectivity index (χ2v) is 6.54. The molecular formula is C19H18F2N4O2. The van der Waals surface area contributed by atoms with Gasteiger partial charge < -0.3 is 4.74 Å². The lowest BCUT2D eigenvalue weighted by Gasteiger charge is -2.16. The van der Waals surface area contributed by atoms with E-state index in [0.29, 0.717) is 11.6 Å². The first-order chi connectivity index (χ1) is 13.1. The van der Waals surface area contributed by atoms with Gasteiger partial charge in [0.15, 0.2) is 0 Å². The molecule has 1 fully saturated rings. The van der Waals surface area contributed by atoms with Crippen LogP contribution in [0.25, 0.3) is 5.69 Å². The van der Waals surface area contributed by atoms with E-state index in [1.54, 1.807) is 18.2 Å². The summed E-state index contributed by atoms with van der Waals surface area (Å²) in [5.41, 5.74) is 1.86. The lowest BCUT2D eigenvalue weighted by atomic mass is 10.0. The number of rotatable bonds is 6. The van der Waals surface area contributed by atoms with Crippen molar-refractivity contribution in [3.05, 3.63) is 69.6 Å². The third kappa shape index (κ3) is 3.34. The molecule has 0 bridgehead atoms. The third-order valence-corrected chi connectivity index (χ3v) is 4.68. The molecule has 0 unspecified atom stereocenters. The summed E-state index contributed by atoms with van der Waals surface area (Å²) in [6.07, 6.45) is -0.513. The van der Waals surface area contributed by atoms with Crippen LogP contribution >= 0.6 is 0 Å².